The first-order valence-electron chi connectivity index (χ1n) is 6.84. The van der Waals surface area contributed by atoms with E-state index in [4.69, 9.17) is 19.9 Å². The molecule has 3 N–H and O–H groups in total. The number of rotatable bonds is 6. The SMILES string of the molecule is COC(=O)c1cc(NC(=O)c2csc(CN)n2)c(OC)c(OC)c1. The summed E-state index contributed by atoms with van der Waals surface area (Å²) in [4.78, 5) is 28.2. The molecule has 8 nitrogen and oxygen atoms in total. The van der Waals surface area contributed by atoms with Crippen LogP contribution in [-0.4, -0.2) is 38.2 Å². The number of benzene rings is 1. The highest BCUT2D eigenvalue weighted by Crippen LogP contribution is 2.37. The van der Waals surface area contributed by atoms with Crippen molar-refractivity contribution in [1.29, 1.82) is 0 Å². The molecule has 0 unspecified atom stereocenters. The monoisotopic (exact) mass is 351 g/mol. The Morgan fingerprint density at radius 2 is 2.00 bits per heavy atom. The summed E-state index contributed by atoms with van der Waals surface area (Å²) in [7, 11) is 4.13. The average Bonchev–Trinajstić information content (AvgIpc) is 3.09. The molecule has 1 aromatic heterocycles. The van der Waals surface area contributed by atoms with Crippen LogP contribution in [0.4, 0.5) is 5.69 Å². The number of nitrogens with two attached hydrogens (primary N) is 1. The van der Waals surface area contributed by atoms with E-state index in [-0.39, 0.29) is 35.0 Å². The third-order valence-electron chi connectivity index (χ3n) is 3.11. The molecule has 2 aromatic rings. The zero-order valence-corrected chi connectivity index (χ0v) is 14.2. The molecule has 0 saturated carbocycles. The Hall–Kier alpha value is -2.65. The molecule has 1 heterocycles. The van der Waals surface area contributed by atoms with E-state index in [9.17, 15) is 9.59 Å². The van der Waals surface area contributed by atoms with Crippen molar-refractivity contribution in [2.75, 3.05) is 26.6 Å². The van der Waals surface area contributed by atoms with E-state index in [1.54, 1.807) is 5.38 Å². The van der Waals surface area contributed by atoms with Crippen LogP contribution in [0.1, 0.15) is 25.9 Å². The van der Waals surface area contributed by atoms with Crippen molar-refractivity contribution in [1.82, 2.24) is 4.98 Å². The van der Waals surface area contributed by atoms with Crippen molar-refractivity contribution in [3.8, 4) is 11.5 Å². The molecule has 9 heteroatoms. The lowest BCUT2D eigenvalue weighted by molar-refractivity contribution is 0.0600. The third kappa shape index (κ3) is 3.63. The maximum absolute atomic E-state index is 12.3. The van der Waals surface area contributed by atoms with Gasteiger partial charge in [-0.25, -0.2) is 9.78 Å². The van der Waals surface area contributed by atoms with E-state index in [0.29, 0.717) is 5.01 Å². The fraction of sp³-hybridized carbons (Fsp3) is 0.267. The summed E-state index contributed by atoms with van der Waals surface area (Å²) in [5.41, 5.74) is 6.21. The Balaban J connectivity index is 2.39. The molecule has 0 aliphatic rings. The van der Waals surface area contributed by atoms with Crippen molar-refractivity contribution >= 4 is 28.9 Å². The van der Waals surface area contributed by atoms with Crippen LogP contribution in [0.3, 0.4) is 0 Å². The maximum Gasteiger partial charge on any atom is 0.338 e. The summed E-state index contributed by atoms with van der Waals surface area (Å²) < 4.78 is 15.2. The van der Waals surface area contributed by atoms with Gasteiger partial charge in [0.05, 0.1) is 32.6 Å². The molecule has 0 bridgehead atoms. The van der Waals surface area contributed by atoms with Crippen LogP contribution in [0.25, 0.3) is 0 Å². The number of aromatic nitrogens is 1. The number of amides is 1. The van der Waals surface area contributed by atoms with Gasteiger partial charge in [0.25, 0.3) is 5.91 Å². The Morgan fingerprint density at radius 1 is 1.25 bits per heavy atom. The van der Waals surface area contributed by atoms with Gasteiger partial charge in [0.2, 0.25) is 0 Å². The van der Waals surface area contributed by atoms with Gasteiger partial charge < -0.3 is 25.3 Å². The third-order valence-corrected chi connectivity index (χ3v) is 3.98. The molecule has 0 radical (unpaired) electrons. The number of thiazole rings is 1. The topological polar surface area (TPSA) is 113 Å². The molecule has 0 atom stereocenters. The average molecular weight is 351 g/mol. The first kappa shape index (κ1) is 17.7. The van der Waals surface area contributed by atoms with Crippen molar-refractivity contribution < 1.29 is 23.8 Å². The summed E-state index contributed by atoms with van der Waals surface area (Å²) in [5.74, 6) is -0.441. The Labute approximate surface area is 142 Å². The number of methoxy groups -OCH3 is 3. The van der Waals surface area contributed by atoms with Crippen LogP contribution in [0.15, 0.2) is 17.5 Å². The van der Waals surface area contributed by atoms with E-state index < -0.39 is 11.9 Å². The van der Waals surface area contributed by atoms with Gasteiger partial charge in [-0.05, 0) is 12.1 Å². The number of nitrogens with one attached hydrogen (secondary N) is 1. The van der Waals surface area contributed by atoms with Gasteiger partial charge in [-0.1, -0.05) is 0 Å². The number of carbonyl (C=O) groups is 2. The van der Waals surface area contributed by atoms with E-state index in [2.05, 4.69) is 10.3 Å². The van der Waals surface area contributed by atoms with Crippen molar-refractivity contribution in [2.24, 2.45) is 5.73 Å². The summed E-state index contributed by atoms with van der Waals surface area (Å²) in [5, 5.41) is 4.91. The van der Waals surface area contributed by atoms with E-state index >= 15 is 0 Å². The number of nitrogens with zero attached hydrogens (tertiary/aromatic N) is 1. The van der Waals surface area contributed by atoms with E-state index in [1.165, 1.54) is 44.8 Å². The highest BCUT2D eigenvalue weighted by molar-refractivity contribution is 7.09. The molecule has 128 valence electrons. The van der Waals surface area contributed by atoms with Crippen LogP contribution in [-0.2, 0) is 11.3 Å². The van der Waals surface area contributed by atoms with Gasteiger partial charge in [-0.2, -0.15) is 0 Å². The molecule has 24 heavy (non-hydrogen) atoms. The molecular formula is C15H17N3O5S. The lowest BCUT2D eigenvalue weighted by Gasteiger charge is -2.14. The number of ether oxygens (including phenoxy) is 3. The first-order chi connectivity index (χ1) is 11.5. The zero-order valence-electron chi connectivity index (χ0n) is 13.4. The summed E-state index contributed by atoms with van der Waals surface area (Å²) in [6.07, 6.45) is 0. The van der Waals surface area contributed by atoms with Gasteiger partial charge >= 0.3 is 5.97 Å². The van der Waals surface area contributed by atoms with Gasteiger partial charge in [0.15, 0.2) is 11.5 Å². The Bertz CT molecular complexity index is 760. The lowest BCUT2D eigenvalue weighted by Crippen LogP contribution is -2.15. The van der Waals surface area contributed by atoms with Crippen LogP contribution >= 0.6 is 11.3 Å². The van der Waals surface area contributed by atoms with E-state index in [0.717, 1.165) is 0 Å². The Morgan fingerprint density at radius 3 is 2.54 bits per heavy atom. The second-order valence-corrected chi connectivity index (χ2v) is 5.48. The predicted molar refractivity (Wildman–Crippen MR) is 88.8 cm³/mol. The maximum atomic E-state index is 12.3. The summed E-state index contributed by atoms with van der Waals surface area (Å²) in [6.45, 7) is 0.257. The molecular weight excluding hydrogens is 334 g/mol. The fourth-order valence-electron chi connectivity index (χ4n) is 1.99. The number of esters is 1. The molecule has 0 saturated heterocycles. The lowest BCUT2D eigenvalue weighted by atomic mass is 10.1. The summed E-state index contributed by atoms with van der Waals surface area (Å²) in [6, 6.07) is 2.91. The number of carbonyl (C=O) groups excluding carboxylic acids is 2. The molecule has 0 spiro atoms. The minimum absolute atomic E-state index is 0.214. The van der Waals surface area contributed by atoms with Gasteiger partial charge in [-0.15, -0.1) is 11.3 Å². The molecule has 0 fully saturated rings. The summed E-state index contributed by atoms with van der Waals surface area (Å²) >= 11 is 1.29. The molecule has 1 amide bonds. The minimum Gasteiger partial charge on any atom is -0.493 e. The Kier molecular flexibility index (Phi) is 5.72. The van der Waals surface area contributed by atoms with Crippen molar-refractivity contribution in [3.63, 3.8) is 0 Å². The zero-order chi connectivity index (χ0) is 17.7. The van der Waals surface area contributed by atoms with Crippen molar-refractivity contribution in [2.45, 2.75) is 6.54 Å². The fourth-order valence-corrected chi connectivity index (χ4v) is 2.64. The first-order valence-corrected chi connectivity index (χ1v) is 7.72. The van der Waals surface area contributed by atoms with Crippen LogP contribution in [0.5, 0.6) is 11.5 Å². The number of hydrogen-bond acceptors (Lipinski definition) is 8. The smallest absolute Gasteiger partial charge is 0.338 e. The minimum atomic E-state index is -0.564. The molecule has 1 aromatic carbocycles. The predicted octanol–water partition coefficient (Wildman–Crippen LogP) is 1.66. The van der Waals surface area contributed by atoms with Crippen LogP contribution < -0.4 is 20.5 Å². The van der Waals surface area contributed by atoms with Gasteiger partial charge in [0.1, 0.15) is 10.7 Å². The van der Waals surface area contributed by atoms with Crippen LogP contribution in [0.2, 0.25) is 0 Å². The standard InChI is InChI=1S/C15H17N3O5S/c1-21-11-5-8(15(20)23-3)4-9(13(11)22-2)18-14(19)10-7-24-12(6-16)17-10/h4-5,7H,6,16H2,1-3H3,(H,18,19). The molecule has 0 aliphatic carbocycles. The van der Waals surface area contributed by atoms with E-state index in [1.807, 2.05) is 0 Å². The van der Waals surface area contributed by atoms with Crippen molar-refractivity contribution in [3.05, 3.63) is 33.8 Å². The molecule has 2 rings (SSSR count). The highest BCUT2D eigenvalue weighted by Gasteiger charge is 2.19. The highest BCUT2D eigenvalue weighted by atomic mass is 32.1. The largest absolute Gasteiger partial charge is 0.493 e. The normalized spacial score (nSPS) is 10.2. The second-order valence-electron chi connectivity index (χ2n) is 4.54. The second kappa shape index (κ2) is 7.75. The quantitative estimate of drug-likeness (QED) is 0.761. The molecule has 0 aliphatic heterocycles. The van der Waals surface area contributed by atoms with Gasteiger partial charge in [0, 0.05) is 11.9 Å². The van der Waals surface area contributed by atoms with Crippen LogP contribution in [0, 0.1) is 0 Å². The van der Waals surface area contributed by atoms with Gasteiger partial charge in [-0.3, -0.25) is 4.79 Å². The number of hydrogen-bond donors (Lipinski definition) is 2. The number of anilines is 1.